The fraction of sp³-hybridized carbons (Fsp3) is 0.500. The first-order chi connectivity index (χ1) is 4.00. The predicted octanol–water partition coefficient (Wildman–Crippen LogP) is 3.43. The summed E-state index contributed by atoms with van der Waals surface area (Å²) in [4.78, 5) is -0.406. The Balaban J connectivity index is 0. The van der Waals surface area contributed by atoms with Crippen LogP contribution in [0.1, 0.15) is 0 Å². The average Bonchev–Trinajstić information content (AvgIpc) is 1.65. The Morgan fingerprint density at radius 2 is 1.56 bits per heavy atom. The minimum Gasteiger partial charge on any atom is -0.174 e. The Morgan fingerprint density at radius 3 is 1.56 bits per heavy atom. The molecule has 0 aromatic rings. The fourth-order valence-electron chi connectivity index (χ4n) is 0. The van der Waals surface area contributed by atoms with Crippen LogP contribution in [0.25, 0.3) is 0 Å². The van der Waals surface area contributed by atoms with E-state index in [1.165, 1.54) is 0 Å². The topological polar surface area (TPSA) is 0 Å². The Hall–Kier alpha value is 0.470. The smallest absolute Gasteiger partial charge is 0.174 e. The van der Waals surface area contributed by atoms with Crippen LogP contribution in [0.3, 0.4) is 0 Å². The van der Waals surface area contributed by atoms with Gasteiger partial charge < -0.3 is 0 Å². The van der Waals surface area contributed by atoms with Gasteiger partial charge in [0, 0.05) is 0 Å². The first-order valence-corrected chi connectivity index (χ1v) is 3.25. The molecule has 0 heterocycles. The molecule has 0 N–H and O–H groups in total. The van der Waals surface area contributed by atoms with Crippen molar-refractivity contribution in [1.29, 1.82) is 0 Å². The van der Waals surface area contributed by atoms with Gasteiger partial charge in [-0.2, -0.15) is 8.78 Å². The lowest BCUT2D eigenvalue weighted by Gasteiger charge is -1.82. The van der Waals surface area contributed by atoms with E-state index in [2.05, 4.69) is 6.58 Å². The summed E-state index contributed by atoms with van der Waals surface area (Å²) in [7, 11) is 0. The van der Waals surface area contributed by atoms with Gasteiger partial charge in [-0.05, 0) is 6.58 Å². The molecule has 0 radical (unpaired) electrons. The molecule has 0 aromatic carbocycles. The van der Waals surface area contributed by atoms with Crippen molar-refractivity contribution in [3.05, 3.63) is 12.7 Å². The molecule has 0 rings (SSSR count). The van der Waals surface area contributed by atoms with Gasteiger partial charge in [-0.3, -0.25) is 0 Å². The van der Waals surface area contributed by atoms with Crippen LogP contribution in [0.15, 0.2) is 12.7 Å². The Kier molecular flexibility index (Phi) is 11.5. The zero-order valence-corrected chi connectivity index (χ0v) is 6.65. The largest absolute Gasteiger partial charge is 0.263 e. The summed E-state index contributed by atoms with van der Waals surface area (Å²) in [5, 5.41) is 0. The quantitative estimate of drug-likeness (QED) is 0.565. The number of rotatable bonds is 1. The lowest BCUT2D eigenvalue weighted by Crippen LogP contribution is -1.82. The van der Waals surface area contributed by atoms with E-state index < -0.39 is 10.9 Å². The summed E-state index contributed by atoms with van der Waals surface area (Å²) in [6.45, 7) is 2.22. The zero-order valence-electron chi connectivity index (χ0n) is 4.38. The Bertz CT molecular complexity index is 70.2. The van der Waals surface area contributed by atoms with Crippen LogP contribution in [-0.2, 0) is 0 Å². The maximum absolute atomic E-state index is 10.1. The summed E-state index contributed by atoms with van der Waals surface area (Å²) in [6, 6.07) is 0. The number of hydrogen-bond donors (Lipinski definition) is 0. The van der Waals surface area contributed by atoms with Crippen molar-refractivity contribution < 1.29 is 8.78 Å². The first-order valence-electron chi connectivity index (χ1n) is 1.84. The molecular weight excluding hydrogens is 192 g/mol. The second-order valence-electron chi connectivity index (χ2n) is 0.884. The van der Waals surface area contributed by atoms with E-state index in [9.17, 15) is 8.78 Å². The van der Waals surface area contributed by atoms with E-state index >= 15 is 0 Å². The third-order valence-electron chi connectivity index (χ3n) is 0.117. The molecule has 56 valence electrons. The molecule has 0 aliphatic carbocycles. The van der Waals surface area contributed by atoms with Crippen molar-refractivity contribution in [2.45, 2.75) is 4.84 Å². The summed E-state index contributed by atoms with van der Waals surface area (Å²) in [6.07, 6.45) is -1.83. The minimum atomic E-state index is -1.83. The SMILES string of the molecule is C=C(F)F.ClCC(Cl)Cl. The third-order valence-corrected chi connectivity index (χ3v) is 1.05. The number of halogens is 5. The van der Waals surface area contributed by atoms with Gasteiger partial charge in [0.25, 0.3) is 6.08 Å². The van der Waals surface area contributed by atoms with Crippen LogP contribution in [0.4, 0.5) is 8.78 Å². The Morgan fingerprint density at radius 1 is 1.44 bits per heavy atom. The molecule has 0 atom stereocenters. The molecule has 9 heavy (non-hydrogen) atoms. The molecule has 0 bridgehead atoms. The van der Waals surface area contributed by atoms with Crippen molar-refractivity contribution in [3.63, 3.8) is 0 Å². The van der Waals surface area contributed by atoms with Gasteiger partial charge in [0.05, 0.1) is 5.88 Å². The summed E-state index contributed by atoms with van der Waals surface area (Å²) < 4.78 is 20.3. The van der Waals surface area contributed by atoms with Crippen LogP contribution in [-0.4, -0.2) is 10.7 Å². The van der Waals surface area contributed by atoms with E-state index in [-0.39, 0.29) is 0 Å². The normalized spacial score (nSPS) is 8.22. The summed E-state index contributed by atoms with van der Waals surface area (Å²) in [5.74, 6) is 0.309. The molecule has 0 aliphatic rings. The van der Waals surface area contributed by atoms with Crippen LogP contribution in [0.5, 0.6) is 0 Å². The molecule has 0 nitrogen and oxygen atoms in total. The monoisotopic (exact) mass is 196 g/mol. The van der Waals surface area contributed by atoms with Crippen LogP contribution in [0, 0.1) is 0 Å². The summed E-state index contributed by atoms with van der Waals surface area (Å²) >= 11 is 15.3. The van der Waals surface area contributed by atoms with E-state index in [0.29, 0.717) is 5.88 Å². The van der Waals surface area contributed by atoms with Crippen molar-refractivity contribution in [1.82, 2.24) is 0 Å². The highest BCUT2D eigenvalue weighted by molar-refractivity contribution is 6.47. The standard InChI is InChI=1S/C2H3Cl3.C2H2F2/c3-1-2(4)5;1-2(3)4/h2H,1H2;1H2. The second kappa shape index (κ2) is 8.47. The van der Waals surface area contributed by atoms with E-state index in [0.717, 1.165) is 0 Å². The predicted molar refractivity (Wildman–Crippen MR) is 37.6 cm³/mol. The van der Waals surface area contributed by atoms with Crippen molar-refractivity contribution in [3.8, 4) is 0 Å². The molecule has 0 aromatic heterocycles. The highest BCUT2D eigenvalue weighted by Crippen LogP contribution is 2.01. The number of hydrogen-bond acceptors (Lipinski definition) is 0. The van der Waals surface area contributed by atoms with Crippen LogP contribution >= 0.6 is 34.8 Å². The molecule has 5 heteroatoms. The molecule has 0 fully saturated rings. The van der Waals surface area contributed by atoms with Gasteiger partial charge in [0.2, 0.25) is 0 Å². The zero-order chi connectivity index (χ0) is 7.86. The van der Waals surface area contributed by atoms with Gasteiger partial charge in [0.15, 0.2) is 0 Å². The molecule has 0 unspecified atom stereocenters. The van der Waals surface area contributed by atoms with Gasteiger partial charge in [-0.15, -0.1) is 34.8 Å². The van der Waals surface area contributed by atoms with E-state index in [4.69, 9.17) is 34.8 Å². The van der Waals surface area contributed by atoms with Gasteiger partial charge in [0.1, 0.15) is 4.84 Å². The van der Waals surface area contributed by atoms with Crippen molar-refractivity contribution in [2.75, 3.05) is 5.88 Å². The molecule has 0 amide bonds. The fourth-order valence-corrected chi connectivity index (χ4v) is 0. The highest BCUT2D eigenvalue weighted by Gasteiger charge is 1.88. The van der Waals surface area contributed by atoms with Gasteiger partial charge >= 0.3 is 0 Å². The Labute approximate surface area is 67.4 Å². The molecule has 0 saturated carbocycles. The second-order valence-corrected chi connectivity index (χ2v) is 2.47. The van der Waals surface area contributed by atoms with Crippen LogP contribution in [0.2, 0.25) is 0 Å². The van der Waals surface area contributed by atoms with Crippen LogP contribution < -0.4 is 0 Å². The molecule has 0 spiro atoms. The lowest BCUT2D eigenvalue weighted by molar-refractivity contribution is 0.426. The molecule has 0 saturated heterocycles. The maximum Gasteiger partial charge on any atom is 0.263 e. The summed E-state index contributed by atoms with van der Waals surface area (Å²) in [5.41, 5.74) is 0. The minimum absolute atomic E-state index is 0.309. The highest BCUT2D eigenvalue weighted by atomic mass is 35.5. The molecule has 0 aliphatic heterocycles. The van der Waals surface area contributed by atoms with E-state index in [1.807, 2.05) is 0 Å². The van der Waals surface area contributed by atoms with Crippen molar-refractivity contribution in [2.24, 2.45) is 0 Å². The third kappa shape index (κ3) is 58.1. The molecular formula is C4H5Cl3F2. The number of alkyl halides is 3. The van der Waals surface area contributed by atoms with Gasteiger partial charge in [-0.25, -0.2) is 0 Å². The van der Waals surface area contributed by atoms with Gasteiger partial charge in [-0.1, -0.05) is 0 Å². The first kappa shape index (κ1) is 12.2. The lowest BCUT2D eigenvalue weighted by atomic mass is 10.9. The average molecular weight is 197 g/mol. The van der Waals surface area contributed by atoms with Crippen molar-refractivity contribution >= 4 is 34.8 Å². The maximum atomic E-state index is 10.1. The van der Waals surface area contributed by atoms with E-state index in [1.54, 1.807) is 0 Å².